The van der Waals surface area contributed by atoms with E-state index in [-0.39, 0.29) is 12.5 Å². The summed E-state index contributed by atoms with van der Waals surface area (Å²) in [6.45, 7) is 11.1. The van der Waals surface area contributed by atoms with Gasteiger partial charge in [-0.25, -0.2) is 9.86 Å². The number of nitrogen functional groups attached to an aromatic ring is 1. The van der Waals surface area contributed by atoms with Gasteiger partial charge in [-0.3, -0.25) is 9.63 Å². The fourth-order valence-electron chi connectivity index (χ4n) is 1.35. The molecule has 0 unspecified atom stereocenters. The molecule has 0 atom stereocenters. The second-order valence-electron chi connectivity index (χ2n) is 5.84. The highest BCUT2D eigenvalue weighted by molar-refractivity contribution is 5.81. The van der Waals surface area contributed by atoms with Crippen LogP contribution in [-0.4, -0.2) is 43.4 Å². The van der Waals surface area contributed by atoms with E-state index in [2.05, 4.69) is 10.2 Å². The van der Waals surface area contributed by atoms with E-state index < -0.39 is 11.7 Å². The first-order valence-electron chi connectivity index (χ1n) is 8.15. The summed E-state index contributed by atoms with van der Waals surface area (Å²) in [5.74, 6) is -0.358. The maximum atomic E-state index is 11.2. The van der Waals surface area contributed by atoms with Crippen LogP contribution >= 0.6 is 0 Å². The number of nitrogens with one attached hydrogen (secondary N) is 1. The summed E-state index contributed by atoms with van der Waals surface area (Å²) < 4.78 is 4.94. The zero-order valence-corrected chi connectivity index (χ0v) is 16.7. The molecule has 1 rings (SSSR count). The van der Waals surface area contributed by atoms with E-state index in [4.69, 9.17) is 10.5 Å². The molecule has 0 aliphatic heterocycles. The Hall–Kier alpha value is -2.28. The minimum absolute atomic E-state index is 0.154. The summed E-state index contributed by atoms with van der Waals surface area (Å²) in [6.07, 6.45) is -0.625. The van der Waals surface area contributed by atoms with Crippen LogP contribution < -0.4 is 11.1 Å². The van der Waals surface area contributed by atoms with Crippen molar-refractivity contribution in [1.82, 2.24) is 10.4 Å². The number of likely N-dealkylation sites (N-methyl/N-ethyl adjacent to an activating group) is 1. The van der Waals surface area contributed by atoms with Crippen molar-refractivity contribution in [3.8, 4) is 0 Å². The number of alkyl carbamates (subject to hydrolysis) is 1. The summed E-state index contributed by atoms with van der Waals surface area (Å²) in [6, 6.07) is 7.80. The first-order chi connectivity index (χ1) is 11.5. The van der Waals surface area contributed by atoms with Gasteiger partial charge in [-0.1, -0.05) is 26.0 Å². The Morgan fingerprint density at radius 1 is 1.24 bits per heavy atom. The van der Waals surface area contributed by atoms with Crippen LogP contribution in [0, 0.1) is 6.92 Å². The molecule has 0 aromatic heterocycles. The third-order valence-corrected chi connectivity index (χ3v) is 2.45. The molecule has 0 saturated heterocycles. The lowest BCUT2D eigenvalue weighted by Gasteiger charge is -2.20. The second kappa shape index (κ2) is 13.1. The Bertz CT molecular complexity index is 496. The third kappa shape index (κ3) is 15.0. The fourth-order valence-corrected chi connectivity index (χ4v) is 1.35. The van der Waals surface area contributed by atoms with E-state index in [1.54, 1.807) is 20.8 Å². The van der Waals surface area contributed by atoms with Crippen molar-refractivity contribution in [3.63, 3.8) is 0 Å². The second-order valence-corrected chi connectivity index (χ2v) is 5.84. The normalized spacial score (nSPS) is 9.60. The number of aryl methyl sites for hydroxylation is 1. The van der Waals surface area contributed by atoms with Crippen LogP contribution in [0.2, 0.25) is 0 Å². The Morgan fingerprint density at radius 2 is 1.80 bits per heavy atom. The molecule has 0 aliphatic carbocycles. The van der Waals surface area contributed by atoms with Crippen molar-refractivity contribution < 1.29 is 19.2 Å². The molecule has 0 radical (unpaired) electrons. The smallest absolute Gasteiger partial charge is 0.408 e. The number of anilines is 1. The van der Waals surface area contributed by atoms with Gasteiger partial charge in [0.05, 0.1) is 7.11 Å². The summed E-state index contributed by atoms with van der Waals surface area (Å²) >= 11 is 0. The van der Waals surface area contributed by atoms with Crippen molar-refractivity contribution in [2.75, 3.05) is 26.4 Å². The van der Waals surface area contributed by atoms with E-state index in [0.29, 0.717) is 0 Å². The van der Waals surface area contributed by atoms with Gasteiger partial charge in [-0.2, -0.15) is 0 Å². The van der Waals surface area contributed by atoms with Gasteiger partial charge in [0.25, 0.3) is 5.91 Å². The molecule has 0 saturated carbocycles. The predicted octanol–water partition coefficient (Wildman–Crippen LogP) is 3.13. The van der Waals surface area contributed by atoms with Crippen molar-refractivity contribution in [2.24, 2.45) is 0 Å². The van der Waals surface area contributed by atoms with Crippen LogP contribution in [0.25, 0.3) is 0 Å². The zero-order chi connectivity index (χ0) is 20.0. The quantitative estimate of drug-likeness (QED) is 0.642. The molecule has 0 bridgehead atoms. The van der Waals surface area contributed by atoms with Crippen LogP contribution in [0.15, 0.2) is 24.3 Å². The van der Waals surface area contributed by atoms with Crippen LogP contribution in [0.4, 0.5) is 10.5 Å². The molecule has 3 N–H and O–H groups in total. The largest absolute Gasteiger partial charge is 0.444 e. The number of benzene rings is 1. The average molecular weight is 355 g/mol. The van der Waals surface area contributed by atoms with Crippen LogP contribution in [0.3, 0.4) is 0 Å². The van der Waals surface area contributed by atoms with Crippen LogP contribution in [0.5, 0.6) is 0 Å². The number of hydroxylamine groups is 2. The monoisotopic (exact) mass is 355 g/mol. The minimum atomic E-state index is -0.625. The lowest BCUT2D eigenvalue weighted by Crippen LogP contribution is -2.40. The van der Waals surface area contributed by atoms with Crippen molar-refractivity contribution >= 4 is 17.7 Å². The average Bonchev–Trinajstić information content (AvgIpc) is 2.52. The topological polar surface area (TPSA) is 93.9 Å². The molecular formula is C18H33N3O4. The first-order valence-corrected chi connectivity index (χ1v) is 8.15. The highest BCUT2D eigenvalue weighted by Crippen LogP contribution is 2.06. The fraction of sp³-hybridized carbons (Fsp3) is 0.556. The Morgan fingerprint density at radius 3 is 2.16 bits per heavy atom. The highest BCUT2D eigenvalue weighted by atomic mass is 16.7. The predicted molar refractivity (Wildman–Crippen MR) is 101 cm³/mol. The Kier molecular flexibility index (Phi) is 13.0. The number of hydrogen-bond donors (Lipinski definition) is 2. The summed E-state index contributed by atoms with van der Waals surface area (Å²) in [5, 5.41) is 3.35. The van der Waals surface area contributed by atoms with Gasteiger partial charge in [0.1, 0.15) is 12.1 Å². The van der Waals surface area contributed by atoms with E-state index in [9.17, 15) is 9.59 Å². The Balaban J connectivity index is 0. The van der Waals surface area contributed by atoms with E-state index >= 15 is 0 Å². The lowest BCUT2D eigenvalue weighted by atomic mass is 10.2. The molecule has 0 aliphatic rings. The van der Waals surface area contributed by atoms with Crippen molar-refractivity contribution in [2.45, 2.75) is 47.1 Å². The third-order valence-electron chi connectivity index (χ3n) is 2.45. The summed E-state index contributed by atoms with van der Waals surface area (Å²) in [4.78, 5) is 26.9. The molecule has 25 heavy (non-hydrogen) atoms. The van der Waals surface area contributed by atoms with Gasteiger partial charge in [-0.05, 0) is 45.4 Å². The molecule has 144 valence electrons. The van der Waals surface area contributed by atoms with Gasteiger partial charge >= 0.3 is 6.09 Å². The standard InChI is InChI=1S/C9H18N2O4.C7H9N.C2H6/c1-9(2,3)15-8(13)10-6-7(12)11(4)14-5;1-6-3-2-4-7(8)5-6;1-2/h6H2,1-5H3,(H,10,13);2-5H,8H2,1H3;1-2H3. The Labute approximate surface area is 151 Å². The highest BCUT2D eigenvalue weighted by Gasteiger charge is 2.17. The molecule has 1 aromatic carbocycles. The first kappa shape index (κ1) is 25.0. The van der Waals surface area contributed by atoms with E-state index in [0.717, 1.165) is 10.8 Å². The number of carbonyl (C=O) groups excluding carboxylic acids is 2. The number of hydrogen-bond acceptors (Lipinski definition) is 5. The van der Waals surface area contributed by atoms with Crippen LogP contribution in [0.1, 0.15) is 40.2 Å². The van der Waals surface area contributed by atoms with E-state index in [1.807, 2.05) is 45.0 Å². The lowest BCUT2D eigenvalue weighted by molar-refractivity contribution is -0.167. The van der Waals surface area contributed by atoms with Gasteiger partial charge in [0, 0.05) is 12.7 Å². The molecule has 0 fully saturated rings. The maximum Gasteiger partial charge on any atom is 0.408 e. The number of nitrogens with zero attached hydrogens (tertiary/aromatic N) is 1. The van der Waals surface area contributed by atoms with Crippen LogP contribution in [-0.2, 0) is 14.4 Å². The molecule has 1 aromatic rings. The van der Waals surface area contributed by atoms with Gasteiger partial charge in [0.15, 0.2) is 0 Å². The number of carbonyl (C=O) groups is 2. The summed E-state index contributed by atoms with van der Waals surface area (Å²) in [5.41, 5.74) is 6.94. The van der Waals surface area contributed by atoms with Gasteiger partial charge in [0.2, 0.25) is 0 Å². The maximum absolute atomic E-state index is 11.2. The number of ether oxygens (including phenoxy) is 1. The van der Waals surface area contributed by atoms with Gasteiger partial charge in [-0.15, -0.1) is 0 Å². The summed E-state index contributed by atoms with van der Waals surface area (Å²) in [7, 11) is 2.82. The van der Waals surface area contributed by atoms with E-state index in [1.165, 1.54) is 19.7 Å². The van der Waals surface area contributed by atoms with Crippen molar-refractivity contribution in [1.29, 1.82) is 0 Å². The minimum Gasteiger partial charge on any atom is -0.444 e. The molecular weight excluding hydrogens is 322 g/mol. The van der Waals surface area contributed by atoms with Crippen molar-refractivity contribution in [3.05, 3.63) is 29.8 Å². The molecule has 2 amide bonds. The number of rotatable bonds is 3. The molecule has 0 heterocycles. The SMILES string of the molecule is CC.CON(C)C(=O)CNC(=O)OC(C)(C)C.Cc1cccc(N)c1. The number of amides is 2. The molecule has 7 heteroatoms. The zero-order valence-electron chi connectivity index (χ0n) is 16.7. The number of nitrogens with two attached hydrogens (primary N) is 1. The van der Waals surface area contributed by atoms with Gasteiger partial charge < -0.3 is 15.8 Å². The molecule has 0 spiro atoms. The molecule has 7 nitrogen and oxygen atoms in total.